The summed E-state index contributed by atoms with van der Waals surface area (Å²) in [6.07, 6.45) is 2.19. The van der Waals surface area contributed by atoms with E-state index in [0.717, 1.165) is 48.9 Å². The number of nitrogens with zero attached hydrogens (tertiary/aromatic N) is 1. The standard InChI is InChI=1S/C19H30N2O3/c1-13-8-10-21(11-9-13)19(22)15(3)20-14(2)17-12-16(23-4)6-7-18(17)24-5/h6-7,12-15,20H,8-11H2,1-5H3. The minimum Gasteiger partial charge on any atom is -0.497 e. The fourth-order valence-corrected chi connectivity index (χ4v) is 3.22. The number of amides is 1. The summed E-state index contributed by atoms with van der Waals surface area (Å²) in [6.45, 7) is 7.95. The Hall–Kier alpha value is -1.75. The molecule has 2 unspecified atom stereocenters. The van der Waals surface area contributed by atoms with E-state index < -0.39 is 0 Å². The van der Waals surface area contributed by atoms with Crippen LogP contribution in [0.3, 0.4) is 0 Å². The molecule has 0 saturated carbocycles. The van der Waals surface area contributed by atoms with Crippen LogP contribution in [0, 0.1) is 5.92 Å². The first-order chi connectivity index (χ1) is 11.5. The second-order valence-electron chi connectivity index (χ2n) is 6.73. The number of hydrogen-bond acceptors (Lipinski definition) is 4. The molecule has 1 amide bonds. The van der Waals surface area contributed by atoms with Crippen LogP contribution in [-0.4, -0.2) is 44.2 Å². The first kappa shape index (κ1) is 18.6. The maximum absolute atomic E-state index is 12.7. The number of hydrogen-bond donors (Lipinski definition) is 1. The van der Waals surface area contributed by atoms with E-state index in [9.17, 15) is 4.79 Å². The number of rotatable bonds is 6. The van der Waals surface area contributed by atoms with Gasteiger partial charge >= 0.3 is 0 Å². The molecule has 0 aliphatic carbocycles. The lowest BCUT2D eigenvalue weighted by Gasteiger charge is -2.33. The van der Waals surface area contributed by atoms with Crippen molar-refractivity contribution in [1.29, 1.82) is 0 Å². The van der Waals surface area contributed by atoms with Gasteiger partial charge in [-0.3, -0.25) is 10.1 Å². The van der Waals surface area contributed by atoms with Gasteiger partial charge in [0, 0.05) is 24.7 Å². The molecule has 1 aliphatic rings. The summed E-state index contributed by atoms with van der Waals surface area (Å²) in [5.74, 6) is 2.47. The largest absolute Gasteiger partial charge is 0.497 e. The van der Waals surface area contributed by atoms with E-state index in [1.807, 2.05) is 36.9 Å². The van der Waals surface area contributed by atoms with E-state index in [2.05, 4.69) is 12.2 Å². The number of piperidine rings is 1. The van der Waals surface area contributed by atoms with Crippen molar-refractivity contribution in [2.24, 2.45) is 5.92 Å². The van der Waals surface area contributed by atoms with Gasteiger partial charge in [0.25, 0.3) is 0 Å². The van der Waals surface area contributed by atoms with Crippen molar-refractivity contribution in [2.45, 2.75) is 45.7 Å². The molecule has 5 nitrogen and oxygen atoms in total. The molecule has 0 bridgehead atoms. The maximum atomic E-state index is 12.7. The van der Waals surface area contributed by atoms with E-state index in [4.69, 9.17) is 9.47 Å². The quantitative estimate of drug-likeness (QED) is 0.869. The number of methoxy groups -OCH3 is 2. The summed E-state index contributed by atoms with van der Waals surface area (Å²) in [7, 11) is 3.30. The van der Waals surface area contributed by atoms with Crippen LogP contribution in [-0.2, 0) is 4.79 Å². The van der Waals surface area contributed by atoms with Crippen molar-refractivity contribution in [3.63, 3.8) is 0 Å². The van der Waals surface area contributed by atoms with Gasteiger partial charge in [0.05, 0.1) is 20.3 Å². The molecule has 1 aliphatic heterocycles. The van der Waals surface area contributed by atoms with E-state index in [0.29, 0.717) is 0 Å². The van der Waals surface area contributed by atoms with Crippen molar-refractivity contribution >= 4 is 5.91 Å². The van der Waals surface area contributed by atoms with E-state index in [-0.39, 0.29) is 18.0 Å². The van der Waals surface area contributed by atoms with E-state index in [1.165, 1.54) is 0 Å². The zero-order valence-corrected chi connectivity index (χ0v) is 15.5. The van der Waals surface area contributed by atoms with Gasteiger partial charge < -0.3 is 14.4 Å². The molecule has 5 heteroatoms. The Morgan fingerprint density at radius 3 is 2.46 bits per heavy atom. The summed E-state index contributed by atoms with van der Waals surface area (Å²) in [6, 6.07) is 5.47. The third-order valence-corrected chi connectivity index (χ3v) is 4.87. The lowest BCUT2D eigenvalue weighted by molar-refractivity contribution is -0.134. The average Bonchev–Trinajstić information content (AvgIpc) is 2.60. The second-order valence-corrected chi connectivity index (χ2v) is 6.73. The number of ether oxygens (including phenoxy) is 2. The highest BCUT2D eigenvalue weighted by molar-refractivity contribution is 5.81. The lowest BCUT2D eigenvalue weighted by Crippen LogP contribution is -2.48. The lowest BCUT2D eigenvalue weighted by atomic mass is 9.98. The van der Waals surface area contributed by atoms with Gasteiger partial charge in [0.1, 0.15) is 11.5 Å². The van der Waals surface area contributed by atoms with Crippen LogP contribution in [0.5, 0.6) is 11.5 Å². The SMILES string of the molecule is COc1ccc(OC)c(C(C)NC(C)C(=O)N2CCC(C)CC2)c1. The van der Waals surface area contributed by atoms with Crippen LogP contribution in [0.25, 0.3) is 0 Å². The summed E-state index contributed by atoms with van der Waals surface area (Å²) in [5, 5.41) is 3.40. The van der Waals surface area contributed by atoms with Gasteiger partial charge in [-0.15, -0.1) is 0 Å². The summed E-state index contributed by atoms with van der Waals surface area (Å²) in [4.78, 5) is 14.6. The molecule has 1 heterocycles. The van der Waals surface area contributed by atoms with Crippen LogP contribution in [0.15, 0.2) is 18.2 Å². The van der Waals surface area contributed by atoms with Crippen molar-refractivity contribution < 1.29 is 14.3 Å². The minimum atomic E-state index is -0.232. The Kier molecular flexibility index (Phi) is 6.49. The highest BCUT2D eigenvalue weighted by Crippen LogP contribution is 2.29. The molecule has 1 fully saturated rings. The Balaban J connectivity index is 2.03. The van der Waals surface area contributed by atoms with Crippen LogP contribution >= 0.6 is 0 Å². The van der Waals surface area contributed by atoms with Gasteiger partial charge in [-0.2, -0.15) is 0 Å². The summed E-state index contributed by atoms with van der Waals surface area (Å²) >= 11 is 0. The normalized spacial score (nSPS) is 18.1. The smallest absolute Gasteiger partial charge is 0.239 e. The van der Waals surface area contributed by atoms with Gasteiger partial charge in [-0.05, 0) is 50.8 Å². The molecule has 0 radical (unpaired) electrons. The van der Waals surface area contributed by atoms with Crippen molar-refractivity contribution in [3.8, 4) is 11.5 Å². The van der Waals surface area contributed by atoms with Gasteiger partial charge in [-0.1, -0.05) is 6.92 Å². The second kappa shape index (κ2) is 8.38. The highest BCUT2D eigenvalue weighted by Gasteiger charge is 2.26. The van der Waals surface area contributed by atoms with Crippen LogP contribution in [0.4, 0.5) is 0 Å². The first-order valence-corrected chi connectivity index (χ1v) is 8.73. The monoisotopic (exact) mass is 334 g/mol. The van der Waals surface area contributed by atoms with Crippen LogP contribution in [0.2, 0.25) is 0 Å². The zero-order chi connectivity index (χ0) is 17.7. The number of nitrogens with one attached hydrogen (secondary N) is 1. The maximum Gasteiger partial charge on any atom is 0.239 e. The molecule has 2 atom stereocenters. The molecule has 0 aromatic heterocycles. The molecule has 24 heavy (non-hydrogen) atoms. The van der Waals surface area contributed by atoms with Gasteiger partial charge in [0.2, 0.25) is 5.91 Å². The number of carbonyl (C=O) groups is 1. The predicted octanol–water partition coefficient (Wildman–Crippen LogP) is 3.00. The summed E-state index contributed by atoms with van der Waals surface area (Å²) < 4.78 is 10.7. The molecular weight excluding hydrogens is 304 g/mol. The minimum absolute atomic E-state index is 0.0160. The number of benzene rings is 1. The first-order valence-electron chi connectivity index (χ1n) is 8.73. The fraction of sp³-hybridized carbons (Fsp3) is 0.632. The Morgan fingerprint density at radius 1 is 1.21 bits per heavy atom. The predicted molar refractivity (Wildman–Crippen MR) is 95.5 cm³/mol. The topological polar surface area (TPSA) is 50.8 Å². The van der Waals surface area contributed by atoms with Crippen molar-refractivity contribution in [1.82, 2.24) is 10.2 Å². The third kappa shape index (κ3) is 4.41. The molecule has 2 rings (SSSR count). The van der Waals surface area contributed by atoms with Crippen LogP contribution < -0.4 is 14.8 Å². The highest BCUT2D eigenvalue weighted by atomic mass is 16.5. The molecule has 0 spiro atoms. The zero-order valence-electron chi connectivity index (χ0n) is 15.5. The van der Waals surface area contributed by atoms with E-state index in [1.54, 1.807) is 14.2 Å². The summed E-state index contributed by atoms with van der Waals surface area (Å²) in [5.41, 5.74) is 0.990. The van der Waals surface area contributed by atoms with Crippen LogP contribution in [0.1, 0.15) is 45.2 Å². The van der Waals surface area contributed by atoms with Crippen molar-refractivity contribution in [3.05, 3.63) is 23.8 Å². The molecule has 1 saturated heterocycles. The van der Waals surface area contributed by atoms with Crippen molar-refractivity contribution in [2.75, 3.05) is 27.3 Å². The molecule has 134 valence electrons. The molecule has 1 aromatic carbocycles. The Labute approximate surface area is 145 Å². The number of carbonyl (C=O) groups excluding carboxylic acids is 1. The Morgan fingerprint density at radius 2 is 1.88 bits per heavy atom. The molecular formula is C19H30N2O3. The Bertz CT molecular complexity index is 554. The van der Waals surface area contributed by atoms with Gasteiger partial charge in [0.15, 0.2) is 0 Å². The number of likely N-dealkylation sites (tertiary alicyclic amines) is 1. The molecule has 1 aromatic rings. The average molecular weight is 334 g/mol. The van der Waals surface area contributed by atoms with E-state index >= 15 is 0 Å². The molecule has 1 N–H and O–H groups in total. The third-order valence-electron chi connectivity index (χ3n) is 4.87. The fourth-order valence-electron chi connectivity index (χ4n) is 3.22. The van der Waals surface area contributed by atoms with Gasteiger partial charge in [-0.25, -0.2) is 0 Å².